The monoisotopic (exact) mass is 572 g/mol. The third-order valence-electron chi connectivity index (χ3n) is 10.5. The number of hydrogen-bond acceptors (Lipinski definition) is 4. The third-order valence-corrected chi connectivity index (χ3v) is 10.5. The molecule has 1 heterocycles. The molecule has 3 aromatic carbocycles. The van der Waals surface area contributed by atoms with Gasteiger partial charge in [0.05, 0.1) is 30.1 Å². The lowest BCUT2D eigenvalue weighted by Gasteiger charge is -2.42. The molecule has 2 amide bonds. The van der Waals surface area contributed by atoms with E-state index in [1.165, 1.54) is 12.1 Å². The molecular weight excluding hydrogens is 530 g/mol. The van der Waals surface area contributed by atoms with Gasteiger partial charge in [-0.05, 0) is 89.5 Å². The van der Waals surface area contributed by atoms with Gasteiger partial charge in [-0.1, -0.05) is 63.2 Å². The summed E-state index contributed by atoms with van der Waals surface area (Å²) >= 11 is 0. The van der Waals surface area contributed by atoms with Crippen LogP contribution in [0.25, 0.3) is 10.8 Å². The Morgan fingerprint density at radius 1 is 1.05 bits per heavy atom. The Hall–Kier alpha value is -3.23. The molecule has 5 unspecified atom stereocenters. The first-order valence-corrected chi connectivity index (χ1v) is 15.3. The van der Waals surface area contributed by atoms with E-state index in [1.54, 1.807) is 18.2 Å². The SMILES string of the molecule is CC(C)C[C@H](NC(=O)CC(NC(=O)c1ccc2ccccc2c1)c1cccc(F)c1)B1O[C@@H]2CC3C4C(C34C)[C@]2(C)O1.[HH].[HH]. The summed E-state index contributed by atoms with van der Waals surface area (Å²) in [6.45, 7) is 8.79. The minimum absolute atomic E-state index is 0. The van der Waals surface area contributed by atoms with Crippen molar-refractivity contribution in [1.29, 1.82) is 0 Å². The predicted octanol–water partition coefficient (Wildman–Crippen LogP) is 6.35. The molecule has 6 nitrogen and oxygen atoms in total. The molecular formula is C34H42BFN2O4. The lowest BCUT2D eigenvalue weighted by atomic mass is 9.71. The van der Waals surface area contributed by atoms with Crippen LogP contribution < -0.4 is 10.6 Å². The minimum Gasteiger partial charge on any atom is -0.404 e. The summed E-state index contributed by atoms with van der Waals surface area (Å²) in [5.74, 6) is 1.03. The molecule has 1 saturated heterocycles. The highest BCUT2D eigenvalue weighted by molar-refractivity contribution is 6.48. The van der Waals surface area contributed by atoms with E-state index in [-0.39, 0.29) is 38.7 Å². The first-order valence-electron chi connectivity index (χ1n) is 15.3. The van der Waals surface area contributed by atoms with Crippen LogP contribution in [-0.4, -0.2) is 36.6 Å². The number of amides is 2. The van der Waals surface area contributed by atoms with Crippen LogP contribution in [0.5, 0.6) is 0 Å². The van der Waals surface area contributed by atoms with Crippen molar-refractivity contribution in [1.82, 2.24) is 10.6 Å². The molecule has 222 valence electrons. The lowest BCUT2D eigenvalue weighted by Crippen LogP contribution is -2.51. The van der Waals surface area contributed by atoms with Crippen LogP contribution >= 0.6 is 0 Å². The summed E-state index contributed by atoms with van der Waals surface area (Å²) in [5, 5.41) is 8.15. The maximum Gasteiger partial charge on any atom is 0.481 e. The van der Waals surface area contributed by atoms with E-state index in [1.807, 2.05) is 36.4 Å². The van der Waals surface area contributed by atoms with Gasteiger partial charge in [-0.2, -0.15) is 0 Å². The van der Waals surface area contributed by atoms with Gasteiger partial charge in [-0.25, -0.2) is 4.39 Å². The minimum atomic E-state index is -0.722. The molecule has 1 aliphatic heterocycles. The van der Waals surface area contributed by atoms with Crippen molar-refractivity contribution in [3.05, 3.63) is 83.7 Å². The van der Waals surface area contributed by atoms with E-state index < -0.39 is 19.0 Å². The van der Waals surface area contributed by atoms with Crippen LogP contribution in [0.15, 0.2) is 66.7 Å². The second kappa shape index (κ2) is 9.92. The number of carbonyl (C=O) groups is 2. The number of hydrogen-bond donors (Lipinski definition) is 2. The topological polar surface area (TPSA) is 76.7 Å². The number of halogens is 1. The Morgan fingerprint density at radius 3 is 2.55 bits per heavy atom. The maximum absolute atomic E-state index is 14.3. The van der Waals surface area contributed by atoms with Crippen LogP contribution in [0.2, 0.25) is 0 Å². The Balaban J connectivity index is 0.00000192. The van der Waals surface area contributed by atoms with E-state index >= 15 is 0 Å². The molecule has 8 heteroatoms. The fraction of sp³-hybridized carbons (Fsp3) is 0.471. The van der Waals surface area contributed by atoms with Crippen molar-refractivity contribution in [3.8, 4) is 0 Å². The molecule has 5 aliphatic rings. The average Bonchev–Trinajstić information content (AvgIpc) is 3.71. The zero-order chi connectivity index (χ0) is 29.4. The second-order valence-electron chi connectivity index (χ2n) is 13.7. The molecule has 8 rings (SSSR count). The number of rotatable bonds is 9. The molecule has 8 atom stereocenters. The highest BCUT2D eigenvalue weighted by atomic mass is 19.1. The summed E-state index contributed by atoms with van der Waals surface area (Å²) in [6, 6.07) is 18.6. The van der Waals surface area contributed by atoms with Gasteiger partial charge in [0.2, 0.25) is 5.91 Å². The fourth-order valence-corrected chi connectivity index (χ4v) is 8.31. The molecule has 3 aromatic rings. The summed E-state index contributed by atoms with van der Waals surface area (Å²) in [7, 11) is -0.520. The molecule has 4 aliphatic carbocycles. The largest absolute Gasteiger partial charge is 0.481 e. The van der Waals surface area contributed by atoms with Gasteiger partial charge in [-0.3, -0.25) is 9.59 Å². The molecule has 0 radical (unpaired) electrons. The Morgan fingerprint density at radius 2 is 1.81 bits per heavy atom. The lowest BCUT2D eigenvalue weighted by molar-refractivity contribution is -0.122. The zero-order valence-corrected chi connectivity index (χ0v) is 24.6. The van der Waals surface area contributed by atoms with E-state index in [0.717, 1.165) is 29.0 Å². The normalized spacial score (nSPS) is 31.7. The maximum atomic E-state index is 14.3. The van der Waals surface area contributed by atoms with Crippen LogP contribution in [0.4, 0.5) is 4.39 Å². The van der Waals surface area contributed by atoms with E-state index in [4.69, 9.17) is 9.31 Å². The van der Waals surface area contributed by atoms with Crippen molar-refractivity contribution in [2.45, 2.75) is 70.6 Å². The van der Waals surface area contributed by atoms with Gasteiger partial charge in [0.15, 0.2) is 0 Å². The van der Waals surface area contributed by atoms with Gasteiger partial charge in [0, 0.05) is 8.42 Å². The van der Waals surface area contributed by atoms with Gasteiger partial charge < -0.3 is 19.9 Å². The molecule has 4 saturated carbocycles. The summed E-state index contributed by atoms with van der Waals surface area (Å²) in [4.78, 5) is 27.0. The number of fused-ring (bicyclic) bond motifs is 1. The third kappa shape index (κ3) is 4.54. The Kier molecular flexibility index (Phi) is 6.52. The first-order chi connectivity index (χ1) is 20.1. The van der Waals surface area contributed by atoms with E-state index in [2.05, 4.69) is 38.3 Å². The van der Waals surface area contributed by atoms with Crippen molar-refractivity contribution >= 4 is 29.7 Å². The smallest absolute Gasteiger partial charge is 0.404 e. The van der Waals surface area contributed by atoms with Gasteiger partial charge in [0.25, 0.3) is 5.91 Å². The highest BCUT2D eigenvalue weighted by Gasteiger charge is 2.91. The number of carbonyl (C=O) groups excluding carboxylic acids is 2. The van der Waals surface area contributed by atoms with E-state index in [0.29, 0.717) is 34.8 Å². The van der Waals surface area contributed by atoms with Crippen LogP contribution in [-0.2, 0) is 14.1 Å². The average molecular weight is 573 g/mol. The van der Waals surface area contributed by atoms with Crippen molar-refractivity contribution < 1.29 is 26.1 Å². The van der Waals surface area contributed by atoms with Crippen molar-refractivity contribution in [3.63, 3.8) is 0 Å². The van der Waals surface area contributed by atoms with E-state index in [9.17, 15) is 14.0 Å². The Labute approximate surface area is 249 Å². The quantitative estimate of drug-likeness (QED) is 0.293. The number of nitrogens with one attached hydrogen (secondary N) is 2. The van der Waals surface area contributed by atoms with Gasteiger partial charge >= 0.3 is 7.12 Å². The molecule has 42 heavy (non-hydrogen) atoms. The predicted molar refractivity (Wildman–Crippen MR) is 164 cm³/mol. The van der Waals surface area contributed by atoms with Crippen LogP contribution in [0.1, 0.15) is 71.8 Å². The molecule has 0 aromatic heterocycles. The number of benzene rings is 3. The summed E-state index contributed by atoms with van der Waals surface area (Å²) in [5.41, 5.74) is 1.12. The summed E-state index contributed by atoms with van der Waals surface area (Å²) in [6.07, 6.45) is 1.73. The Bertz CT molecular complexity index is 1580. The molecule has 0 spiro atoms. The molecule has 2 bridgehead atoms. The van der Waals surface area contributed by atoms with Gasteiger partial charge in [-0.15, -0.1) is 0 Å². The molecule has 5 fully saturated rings. The zero-order valence-electron chi connectivity index (χ0n) is 24.6. The van der Waals surface area contributed by atoms with Crippen LogP contribution in [0.3, 0.4) is 0 Å². The van der Waals surface area contributed by atoms with Crippen molar-refractivity contribution in [2.75, 3.05) is 0 Å². The fourth-order valence-electron chi connectivity index (χ4n) is 8.31. The first kappa shape index (κ1) is 27.6. The second-order valence-corrected chi connectivity index (χ2v) is 13.7. The standard InChI is InChI=1S/C34H38BFN2O4.2H2/c1-19(2)14-28(35-41-27-17-25-30-31(33(25,30)3)34(27,4)42-35)38-29(39)18-26(22-10-7-11-24(36)16-22)37-32(40)23-13-12-20-8-5-6-9-21(20)15-23;;/h5-13,15-16,19,25-28,30-31H,14,17-18H2,1-4H3,(H,37,40)(H,38,39);2*1H/t25?,26?,27-,28+,30?,31?,33?,34-;;/m1../s1. The summed E-state index contributed by atoms with van der Waals surface area (Å²) < 4.78 is 27.4. The van der Waals surface area contributed by atoms with Crippen LogP contribution in [0, 0.1) is 34.9 Å². The molecule has 2 N–H and O–H groups in total. The highest BCUT2D eigenvalue weighted by Crippen LogP contribution is 2.91. The van der Waals surface area contributed by atoms with Gasteiger partial charge in [0.1, 0.15) is 5.82 Å². The van der Waals surface area contributed by atoms with Crippen molar-refractivity contribution in [2.24, 2.45) is 29.1 Å².